The van der Waals surface area contributed by atoms with E-state index in [9.17, 15) is 0 Å². The quantitative estimate of drug-likeness (QED) is 0.740. The molecule has 0 bridgehead atoms. The van der Waals surface area contributed by atoms with Crippen molar-refractivity contribution in [3.05, 3.63) is 29.9 Å². The highest BCUT2D eigenvalue weighted by Gasteiger charge is 2.05. The van der Waals surface area contributed by atoms with Gasteiger partial charge < -0.3 is 9.88 Å². The SMILES string of the molecule is CCCNCCCCn1ccnc1-c1cccs1. The van der Waals surface area contributed by atoms with E-state index in [1.807, 2.05) is 6.20 Å². The van der Waals surface area contributed by atoms with E-state index in [1.54, 1.807) is 11.3 Å². The summed E-state index contributed by atoms with van der Waals surface area (Å²) in [5, 5.41) is 5.53. The molecular weight excluding hydrogens is 242 g/mol. The van der Waals surface area contributed by atoms with Crippen molar-refractivity contribution >= 4 is 11.3 Å². The van der Waals surface area contributed by atoms with Crippen LogP contribution in [-0.2, 0) is 6.54 Å². The predicted molar refractivity (Wildman–Crippen MR) is 77.9 cm³/mol. The summed E-state index contributed by atoms with van der Waals surface area (Å²) in [6.45, 7) is 5.51. The van der Waals surface area contributed by atoms with Crippen molar-refractivity contribution in [2.75, 3.05) is 13.1 Å². The Labute approximate surface area is 113 Å². The maximum absolute atomic E-state index is 4.44. The number of imidazole rings is 1. The van der Waals surface area contributed by atoms with Crippen LogP contribution in [0.5, 0.6) is 0 Å². The molecule has 0 aliphatic rings. The molecule has 0 saturated heterocycles. The molecule has 2 rings (SSSR count). The molecule has 2 aromatic rings. The number of thiophene rings is 1. The number of aromatic nitrogens is 2. The molecule has 0 radical (unpaired) electrons. The summed E-state index contributed by atoms with van der Waals surface area (Å²) < 4.78 is 2.26. The third-order valence-corrected chi connectivity index (χ3v) is 3.75. The van der Waals surface area contributed by atoms with Gasteiger partial charge in [-0.05, 0) is 43.8 Å². The summed E-state index contributed by atoms with van der Waals surface area (Å²) in [6.07, 6.45) is 7.61. The van der Waals surface area contributed by atoms with Gasteiger partial charge in [0, 0.05) is 18.9 Å². The molecule has 98 valence electrons. The number of nitrogens with one attached hydrogen (secondary N) is 1. The number of aryl methyl sites for hydroxylation is 1. The Morgan fingerprint density at radius 2 is 2.28 bits per heavy atom. The third-order valence-electron chi connectivity index (χ3n) is 2.89. The van der Waals surface area contributed by atoms with Gasteiger partial charge in [-0.15, -0.1) is 11.3 Å². The van der Waals surface area contributed by atoms with E-state index in [-0.39, 0.29) is 0 Å². The molecule has 0 fully saturated rings. The lowest BCUT2D eigenvalue weighted by Gasteiger charge is -2.07. The van der Waals surface area contributed by atoms with Gasteiger partial charge in [-0.2, -0.15) is 0 Å². The van der Waals surface area contributed by atoms with Gasteiger partial charge in [0.15, 0.2) is 0 Å². The Morgan fingerprint density at radius 1 is 1.33 bits per heavy atom. The van der Waals surface area contributed by atoms with Crippen LogP contribution < -0.4 is 5.32 Å². The second-order valence-electron chi connectivity index (χ2n) is 4.38. The van der Waals surface area contributed by atoms with E-state index >= 15 is 0 Å². The molecule has 0 spiro atoms. The monoisotopic (exact) mass is 263 g/mol. The zero-order chi connectivity index (χ0) is 12.6. The van der Waals surface area contributed by atoms with Crippen LogP contribution in [0.25, 0.3) is 10.7 Å². The Balaban J connectivity index is 1.78. The van der Waals surface area contributed by atoms with E-state index < -0.39 is 0 Å². The van der Waals surface area contributed by atoms with Crippen molar-refractivity contribution in [2.24, 2.45) is 0 Å². The van der Waals surface area contributed by atoms with Crippen molar-refractivity contribution in [3.8, 4) is 10.7 Å². The first kappa shape index (κ1) is 13.3. The average Bonchev–Trinajstić information content (AvgIpc) is 3.03. The first-order chi connectivity index (χ1) is 8.92. The standard InChI is InChI=1S/C14H21N3S/c1-2-7-15-8-3-4-10-17-11-9-16-14(17)13-6-5-12-18-13/h5-6,9,11-12,15H,2-4,7-8,10H2,1H3. The smallest absolute Gasteiger partial charge is 0.149 e. The predicted octanol–water partition coefficient (Wildman–Crippen LogP) is 3.39. The fourth-order valence-corrected chi connectivity index (χ4v) is 2.69. The van der Waals surface area contributed by atoms with Crippen LogP contribution in [0.15, 0.2) is 29.9 Å². The molecule has 0 amide bonds. The molecule has 0 aliphatic heterocycles. The molecule has 2 aromatic heterocycles. The number of unbranched alkanes of at least 4 members (excludes halogenated alkanes) is 1. The first-order valence-corrected chi connectivity index (χ1v) is 7.55. The Hall–Kier alpha value is -1.13. The van der Waals surface area contributed by atoms with Gasteiger partial charge in [0.25, 0.3) is 0 Å². The fraction of sp³-hybridized carbons (Fsp3) is 0.500. The summed E-state index contributed by atoms with van der Waals surface area (Å²) in [4.78, 5) is 5.70. The lowest BCUT2D eigenvalue weighted by atomic mass is 10.3. The van der Waals surface area contributed by atoms with Crippen LogP contribution in [0, 0.1) is 0 Å². The average molecular weight is 263 g/mol. The Bertz CT molecular complexity index is 434. The van der Waals surface area contributed by atoms with E-state index in [1.165, 1.54) is 24.1 Å². The maximum Gasteiger partial charge on any atom is 0.149 e. The van der Waals surface area contributed by atoms with E-state index in [2.05, 4.69) is 45.5 Å². The van der Waals surface area contributed by atoms with Crippen LogP contribution in [0.1, 0.15) is 26.2 Å². The van der Waals surface area contributed by atoms with Crippen molar-refractivity contribution in [1.82, 2.24) is 14.9 Å². The van der Waals surface area contributed by atoms with Crippen LogP contribution in [-0.4, -0.2) is 22.6 Å². The molecule has 0 saturated carbocycles. The molecule has 0 aliphatic carbocycles. The van der Waals surface area contributed by atoms with Gasteiger partial charge in [-0.1, -0.05) is 13.0 Å². The summed E-state index contributed by atoms with van der Waals surface area (Å²) in [5.41, 5.74) is 0. The minimum Gasteiger partial charge on any atom is -0.330 e. The summed E-state index contributed by atoms with van der Waals surface area (Å²) in [7, 11) is 0. The van der Waals surface area contributed by atoms with Crippen LogP contribution in [0.3, 0.4) is 0 Å². The van der Waals surface area contributed by atoms with Crippen molar-refractivity contribution in [2.45, 2.75) is 32.7 Å². The molecular formula is C14H21N3S. The second kappa shape index (κ2) is 7.34. The number of rotatable bonds is 8. The molecule has 0 atom stereocenters. The Kier molecular flexibility index (Phi) is 5.42. The molecule has 4 heteroatoms. The highest BCUT2D eigenvalue weighted by Crippen LogP contribution is 2.22. The number of hydrogen-bond acceptors (Lipinski definition) is 3. The summed E-state index contributed by atoms with van der Waals surface area (Å²) in [6, 6.07) is 4.21. The van der Waals surface area contributed by atoms with Gasteiger partial charge >= 0.3 is 0 Å². The maximum atomic E-state index is 4.44. The number of hydrogen-bond donors (Lipinski definition) is 1. The van der Waals surface area contributed by atoms with Crippen LogP contribution in [0.4, 0.5) is 0 Å². The van der Waals surface area contributed by atoms with Gasteiger partial charge in [-0.25, -0.2) is 4.98 Å². The zero-order valence-corrected chi connectivity index (χ0v) is 11.7. The van der Waals surface area contributed by atoms with Crippen molar-refractivity contribution in [3.63, 3.8) is 0 Å². The largest absolute Gasteiger partial charge is 0.330 e. The van der Waals surface area contributed by atoms with Gasteiger partial charge in [0.1, 0.15) is 5.82 Å². The van der Waals surface area contributed by atoms with Crippen LogP contribution in [0.2, 0.25) is 0 Å². The molecule has 1 N–H and O–H groups in total. The fourth-order valence-electron chi connectivity index (χ4n) is 1.95. The molecule has 0 aromatic carbocycles. The first-order valence-electron chi connectivity index (χ1n) is 6.67. The minimum atomic E-state index is 1.06. The zero-order valence-electron chi connectivity index (χ0n) is 10.9. The third kappa shape index (κ3) is 3.68. The number of nitrogens with zero attached hydrogens (tertiary/aromatic N) is 2. The normalized spacial score (nSPS) is 10.9. The summed E-state index contributed by atoms with van der Waals surface area (Å²) >= 11 is 1.75. The molecule has 0 unspecified atom stereocenters. The molecule has 18 heavy (non-hydrogen) atoms. The topological polar surface area (TPSA) is 29.9 Å². The van der Waals surface area contributed by atoms with Crippen LogP contribution >= 0.6 is 11.3 Å². The molecule has 2 heterocycles. The van der Waals surface area contributed by atoms with E-state index in [4.69, 9.17) is 0 Å². The Morgan fingerprint density at radius 3 is 3.06 bits per heavy atom. The lowest BCUT2D eigenvalue weighted by Crippen LogP contribution is -2.16. The van der Waals surface area contributed by atoms with Crippen molar-refractivity contribution < 1.29 is 0 Å². The van der Waals surface area contributed by atoms with Gasteiger partial charge in [0.05, 0.1) is 4.88 Å². The minimum absolute atomic E-state index is 1.06. The lowest BCUT2D eigenvalue weighted by molar-refractivity contribution is 0.569. The van der Waals surface area contributed by atoms with Crippen molar-refractivity contribution in [1.29, 1.82) is 0 Å². The van der Waals surface area contributed by atoms with E-state index in [0.717, 1.165) is 25.5 Å². The highest BCUT2D eigenvalue weighted by molar-refractivity contribution is 7.13. The molecule has 3 nitrogen and oxygen atoms in total. The highest BCUT2D eigenvalue weighted by atomic mass is 32.1. The van der Waals surface area contributed by atoms with E-state index in [0.29, 0.717) is 0 Å². The second-order valence-corrected chi connectivity index (χ2v) is 5.33. The summed E-state index contributed by atoms with van der Waals surface area (Å²) in [5.74, 6) is 1.10. The van der Waals surface area contributed by atoms with Gasteiger partial charge in [0.2, 0.25) is 0 Å². The van der Waals surface area contributed by atoms with Gasteiger partial charge in [-0.3, -0.25) is 0 Å².